The van der Waals surface area contributed by atoms with Crippen molar-refractivity contribution in [3.63, 3.8) is 0 Å². The molecule has 100 valence electrons. The van der Waals surface area contributed by atoms with Crippen LogP contribution in [-0.4, -0.2) is 37.9 Å². The molecule has 0 heterocycles. The number of amides is 1. The van der Waals surface area contributed by atoms with Gasteiger partial charge in [0.15, 0.2) is 0 Å². The van der Waals surface area contributed by atoms with Gasteiger partial charge in [-0.05, 0) is 20.3 Å². The Morgan fingerprint density at radius 3 is 2.53 bits per heavy atom. The van der Waals surface area contributed by atoms with E-state index in [1.807, 2.05) is 6.92 Å². The van der Waals surface area contributed by atoms with E-state index in [4.69, 9.17) is 9.47 Å². The van der Waals surface area contributed by atoms with E-state index in [2.05, 4.69) is 26.1 Å². The fourth-order valence-corrected chi connectivity index (χ4v) is 2.30. The van der Waals surface area contributed by atoms with Crippen LogP contribution in [0.3, 0.4) is 0 Å². The SMILES string of the molecule is CCOCCC(=O)N[C@H]1C[C@](C)(OC)C1(C)C. The Labute approximate surface area is 104 Å². The van der Waals surface area contributed by atoms with Gasteiger partial charge in [-0.3, -0.25) is 4.79 Å². The van der Waals surface area contributed by atoms with Gasteiger partial charge in [-0.2, -0.15) is 0 Å². The van der Waals surface area contributed by atoms with Crippen LogP contribution in [0.4, 0.5) is 0 Å². The Morgan fingerprint density at radius 1 is 1.41 bits per heavy atom. The lowest BCUT2D eigenvalue weighted by Gasteiger charge is -2.59. The summed E-state index contributed by atoms with van der Waals surface area (Å²) >= 11 is 0. The molecule has 4 nitrogen and oxygen atoms in total. The van der Waals surface area contributed by atoms with Crippen molar-refractivity contribution < 1.29 is 14.3 Å². The smallest absolute Gasteiger partial charge is 0.222 e. The molecule has 1 rings (SSSR count). The number of carbonyl (C=O) groups excluding carboxylic acids is 1. The van der Waals surface area contributed by atoms with Gasteiger partial charge in [0.1, 0.15) is 0 Å². The minimum absolute atomic E-state index is 0.0248. The second-order valence-electron chi connectivity index (χ2n) is 5.43. The normalized spacial score (nSPS) is 30.8. The Hall–Kier alpha value is -0.610. The molecule has 0 unspecified atom stereocenters. The molecule has 17 heavy (non-hydrogen) atoms. The van der Waals surface area contributed by atoms with Gasteiger partial charge in [-0.15, -0.1) is 0 Å². The van der Waals surface area contributed by atoms with Crippen LogP contribution in [0.2, 0.25) is 0 Å². The first-order valence-electron chi connectivity index (χ1n) is 6.29. The lowest BCUT2D eigenvalue weighted by atomic mass is 9.56. The number of carbonyl (C=O) groups is 1. The van der Waals surface area contributed by atoms with Crippen LogP contribution in [0, 0.1) is 5.41 Å². The highest BCUT2D eigenvalue weighted by Gasteiger charge is 2.58. The summed E-state index contributed by atoms with van der Waals surface area (Å²) in [5.41, 5.74) is -0.159. The molecule has 1 amide bonds. The van der Waals surface area contributed by atoms with Crippen LogP contribution in [0.5, 0.6) is 0 Å². The summed E-state index contributed by atoms with van der Waals surface area (Å²) in [7, 11) is 1.73. The Balaban J connectivity index is 2.37. The molecule has 0 bridgehead atoms. The molecular weight excluding hydrogens is 218 g/mol. The number of hydrogen-bond acceptors (Lipinski definition) is 3. The van der Waals surface area contributed by atoms with Gasteiger partial charge < -0.3 is 14.8 Å². The maximum absolute atomic E-state index is 11.7. The van der Waals surface area contributed by atoms with Crippen LogP contribution < -0.4 is 5.32 Å². The largest absolute Gasteiger partial charge is 0.381 e. The standard InChI is InChI=1S/C13H25NO3/c1-6-17-8-7-11(15)14-10-9-13(4,16-5)12(10,2)3/h10H,6-9H2,1-5H3,(H,14,15)/t10-,13-/m0/s1. The zero-order chi connectivity index (χ0) is 13.1. The van der Waals surface area contributed by atoms with Crippen molar-refractivity contribution in [2.75, 3.05) is 20.3 Å². The van der Waals surface area contributed by atoms with E-state index >= 15 is 0 Å². The maximum atomic E-state index is 11.7. The van der Waals surface area contributed by atoms with Crippen LogP contribution in [0.25, 0.3) is 0 Å². The van der Waals surface area contributed by atoms with E-state index in [0.29, 0.717) is 19.6 Å². The summed E-state index contributed by atoms with van der Waals surface area (Å²) in [6.07, 6.45) is 1.31. The van der Waals surface area contributed by atoms with Gasteiger partial charge in [0.05, 0.1) is 12.2 Å². The Kier molecular flexibility index (Phi) is 4.55. The molecule has 0 aromatic heterocycles. The van der Waals surface area contributed by atoms with Crippen molar-refractivity contribution in [3.8, 4) is 0 Å². The summed E-state index contributed by atoms with van der Waals surface area (Å²) in [6, 6.07) is 0.196. The molecule has 2 atom stereocenters. The minimum Gasteiger partial charge on any atom is -0.381 e. The molecule has 0 spiro atoms. The number of ether oxygens (including phenoxy) is 2. The first-order valence-corrected chi connectivity index (χ1v) is 6.29. The zero-order valence-electron chi connectivity index (χ0n) is 11.6. The van der Waals surface area contributed by atoms with Crippen molar-refractivity contribution >= 4 is 5.91 Å². The highest BCUT2D eigenvalue weighted by atomic mass is 16.5. The fraction of sp³-hybridized carbons (Fsp3) is 0.923. The molecule has 1 aliphatic carbocycles. The van der Waals surface area contributed by atoms with Gasteiger partial charge >= 0.3 is 0 Å². The van der Waals surface area contributed by atoms with E-state index in [-0.39, 0.29) is 23.0 Å². The lowest BCUT2D eigenvalue weighted by molar-refractivity contribution is -0.182. The van der Waals surface area contributed by atoms with Crippen molar-refractivity contribution in [3.05, 3.63) is 0 Å². The quantitative estimate of drug-likeness (QED) is 0.723. The van der Waals surface area contributed by atoms with Crippen LogP contribution in [0.15, 0.2) is 0 Å². The first-order chi connectivity index (χ1) is 7.87. The van der Waals surface area contributed by atoms with E-state index in [1.165, 1.54) is 0 Å². The molecule has 0 aliphatic heterocycles. The predicted octanol–water partition coefficient (Wildman–Crippen LogP) is 1.73. The average molecular weight is 243 g/mol. The molecule has 1 fully saturated rings. The average Bonchev–Trinajstić information content (AvgIpc) is 2.28. The molecule has 0 saturated heterocycles. The van der Waals surface area contributed by atoms with E-state index in [0.717, 1.165) is 6.42 Å². The summed E-state index contributed by atoms with van der Waals surface area (Å²) in [4.78, 5) is 11.7. The zero-order valence-corrected chi connectivity index (χ0v) is 11.6. The molecule has 4 heteroatoms. The van der Waals surface area contributed by atoms with E-state index < -0.39 is 0 Å². The van der Waals surface area contributed by atoms with E-state index in [1.54, 1.807) is 7.11 Å². The summed E-state index contributed by atoms with van der Waals surface area (Å²) < 4.78 is 10.7. The van der Waals surface area contributed by atoms with Crippen molar-refractivity contribution in [2.24, 2.45) is 5.41 Å². The summed E-state index contributed by atoms with van der Waals surface area (Å²) in [5, 5.41) is 3.06. The Bertz CT molecular complexity index is 278. The highest BCUT2D eigenvalue weighted by molar-refractivity contribution is 5.76. The number of hydrogen-bond donors (Lipinski definition) is 1. The third-order valence-corrected chi connectivity index (χ3v) is 4.29. The maximum Gasteiger partial charge on any atom is 0.222 e. The number of methoxy groups -OCH3 is 1. The summed E-state index contributed by atoms with van der Waals surface area (Å²) in [5.74, 6) is 0.0645. The topological polar surface area (TPSA) is 47.6 Å². The van der Waals surface area contributed by atoms with Gasteiger partial charge in [0, 0.05) is 31.6 Å². The van der Waals surface area contributed by atoms with Gasteiger partial charge in [-0.1, -0.05) is 13.8 Å². The third kappa shape index (κ3) is 2.80. The van der Waals surface area contributed by atoms with Crippen molar-refractivity contribution in [1.82, 2.24) is 5.32 Å². The van der Waals surface area contributed by atoms with Gasteiger partial charge in [0.2, 0.25) is 5.91 Å². The summed E-state index contributed by atoms with van der Waals surface area (Å²) in [6.45, 7) is 9.44. The number of nitrogens with one attached hydrogen (secondary N) is 1. The predicted molar refractivity (Wildman–Crippen MR) is 66.9 cm³/mol. The molecule has 1 N–H and O–H groups in total. The van der Waals surface area contributed by atoms with E-state index in [9.17, 15) is 4.79 Å². The Morgan fingerprint density at radius 2 is 2.06 bits per heavy atom. The third-order valence-electron chi connectivity index (χ3n) is 4.29. The van der Waals surface area contributed by atoms with Crippen LogP contribution in [0.1, 0.15) is 40.5 Å². The van der Waals surface area contributed by atoms with Crippen LogP contribution >= 0.6 is 0 Å². The molecule has 0 aromatic rings. The molecule has 1 saturated carbocycles. The second kappa shape index (κ2) is 5.36. The monoisotopic (exact) mass is 243 g/mol. The minimum atomic E-state index is -0.134. The van der Waals surface area contributed by atoms with Crippen molar-refractivity contribution in [2.45, 2.75) is 52.2 Å². The fourth-order valence-electron chi connectivity index (χ4n) is 2.30. The number of rotatable bonds is 6. The molecule has 0 radical (unpaired) electrons. The molecule has 1 aliphatic rings. The molecular formula is C13H25NO3. The first kappa shape index (κ1) is 14.5. The lowest BCUT2D eigenvalue weighted by Crippen LogP contribution is -2.68. The molecule has 0 aromatic carbocycles. The second-order valence-corrected chi connectivity index (χ2v) is 5.43. The van der Waals surface area contributed by atoms with Crippen LogP contribution in [-0.2, 0) is 14.3 Å². The van der Waals surface area contributed by atoms with Crippen molar-refractivity contribution in [1.29, 1.82) is 0 Å². The van der Waals surface area contributed by atoms with Gasteiger partial charge in [-0.25, -0.2) is 0 Å². The highest BCUT2D eigenvalue weighted by Crippen LogP contribution is 2.51. The van der Waals surface area contributed by atoms with Gasteiger partial charge in [0.25, 0.3) is 0 Å².